The Hall–Kier alpha value is -2.11. The molecule has 1 N–H and O–H groups in total. The average molecular weight is 438 g/mol. The van der Waals surface area contributed by atoms with Gasteiger partial charge in [-0.1, -0.05) is 23.7 Å². The molecule has 0 saturated carbocycles. The van der Waals surface area contributed by atoms with E-state index < -0.39 is 0 Å². The molecule has 2 aromatic carbocycles. The number of hydrogen-bond donors (Lipinski definition) is 1. The fourth-order valence-electron chi connectivity index (χ4n) is 3.51. The molecule has 2 amide bonds. The molecule has 1 saturated heterocycles. The SMILES string of the molecule is Cc1cccc(N2CCN(C(=O)NCOc3cc(C)c(Cl)c(C)c3)CC2)c1C.Cl. The van der Waals surface area contributed by atoms with E-state index in [9.17, 15) is 4.79 Å². The third-order valence-corrected chi connectivity index (χ3v) is 5.95. The summed E-state index contributed by atoms with van der Waals surface area (Å²) in [7, 11) is 0. The Morgan fingerprint density at radius 2 is 1.66 bits per heavy atom. The molecule has 7 heteroatoms. The fraction of sp³-hybridized carbons (Fsp3) is 0.409. The van der Waals surface area contributed by atoms with E-state index in [1.807, 2.05) is 30.9 Å². The molecule has 0 aromatic heterocycles. The first-order valence-corrected chi connectivity index (χ1v) is 9.98. The molecule has 0 bridgehead atoms. The van der Waals surface area contributed by atoms with Crippen molar-refractivity contribution in [1.29, 1.82) is 0 Å². The number of carbonyl (C=O) groups is 1. The highest BCUT2D eigenvalue weighted by Crippen LogP contribution is 2.26. The zero-order chi connectivity index (χ0) is 20.3. The number of nitrogens with one attached hydrogen (secondary N) is 1. The van der Waals surface area contributed by atoms with Crippen LogP contribution in [0, 0.1) is 27.7 Å². The fourth-order valence-corrected chi connectivity index (χ4v) is 3.62. The Labute approximate surface area is 184 Å². The van der Waals surface area contributed by atoms with Crippen LogP contribution in [0.2, 0.25) is 5.02 Å². The van der Waals surface area contributed by atoms with Crippen molar-refractivity contribution in [2.24, 2.45) is 0 Å². The lowest BCUT2D eigenvalue weighted by atomic mass is 10.1. The van der Waals surface area contributed by atoms with Crippen molar-refractivity contribution in [3.05, 3.63) is 57.6 Å². The average Bonchev–Trinajstić information content (AvgIpc) is 2.68. The van der Waals surface area contributed by atoms with Gasteiger partial charge in [-0.2, -0.15) is 0 Å². The summed E-state index contributed by atoms with van der Waals surface area (Å²) >= 11 is 6.17. The number of carbonyl (C=O) groups excluding carboxylic acids is 1. The van der Waals surface area contributed by atoms with Crippen LogP contribution in [0.3, 0.4) is 0 Å². The summed E-state index contributed by atoms with van der Waals surface area (Å²) in [5.41, 5.74) is 5.79. The van der Waals surface area contributed by atoms with Crippen molar-refractivity contribution in [3.8, 4) is 5.75 Å². The molecule has 1 aliphatic heterocycles. The van der Waals surface area contributed by atoms with Crippen LogP contribution >= 0.6 is 24.0 Å². The number of rotatable bonds is 4. The van der Waals surface area contributed by atoms with Gasteiger partial charge in [-0.05, 0) is 68.1 Å². The second-order valence-corrected chi connectivity index (χ2v) is 7.71. The third kappa shape index (κ3) is 5.49. The van der Waals surface area contributed by atoms with Crippen molar-refractivity contribution in [3.63, 3.8) is 0 Å². The Morgan fingerprint density at radius 1 is 1.03 bits per heavy atom. The van der Waals surface area contributed by atoms with Crippen molar-refractivity contribution in [2.75, 3.05) is 37.8 Å². The predicted molar refractivity (Wildman–Crippen MR) is 122 cm³/mol. The molecule has 5 nitrogen and oxygen atoms in total. The summed E-state index contributed by atoms with van der Waals surface area (Å²) in [5, 5.41) is 3.59. The summed E-state index contributed by atoms with van der Waals surface area (Å²) in [5.74, 6) is 0.708. The second kappa shape index (κ2) is 10.1. The zero-order valence-corrected chi connectivity index (χ0v) is 19.0. The van der Waals surface area contributed by atoms with E-state index in [-0.39, 0.29) is 25.2 Å². The number of urea groups is 1. The third-order valence-electron chi connectivity index (χ3n) is 5.36. The highest BCUT2D eigenvalue weighted by molar-refractivity contribution is 6.32. The maximum absolute atomic E-state index is 12.4. The Morgan fingerprint density at radius 3 is 2.28 bits per heavy atom. The van der Waals surface area contributed by atoms with E-state index in [1.54, 1.807) is 0 Å². The topological polar surface area (TPSA) is 44.8 Å². The number of anilines is 1. The van der Waals surface area contributed by atoms with Gasteiger partial charge in [-0.3, -0.25) is 0 Å². The lowest BCUT2D eigenvalue weighted by Crippen LogP contribution is -2.52. The summed E-state index contributed by atoms with van der Waals surface area (Å²) < 4.78 is 5.68. The minimum Gasteiger partial charge on any atom is -0.473 e. The number of ether oxygens (including phenoxy) is 1. The van der Waals surface area contributed by atoms with E-state index >= 15 is 0 Å². The molecule has 0 atom stereocenters. The molecule has 29 heavy (non-hydrogen) atoms. The minimum atomic E-state index is -0.0944. The molecule has 1 fully saturated rings. The van der Waals surface area contributed by atoms with Crippen LogP contribution in [0.4, 0.5) is 10.5 Å². The lowest BCUT2D eigenvalue weighted by Gasteiger charge is -2.37. The van der Waals surface area contributed by atoms with E-state index in [0.29, 0.717) is 18.8 Å². The van der Waals surface area contributed by atoms with Crippen LogP contribution in [0.25, 0.3) is 0 Å². The van der Waals surface area contributed by atoms with Crippen LogP contribution in [-0.2, 0) is 0 Å². The predicted octanol–water partition coefficient (Wildman–Crippen LogP) is 4.86. The minimum absolute atomic E-state index is 0. The maximum atomic E-state index is 12.4. The van der Waals surface area contributed by atoms with E-state index in [4.69, 9.17) is 16.3 Å². The quantitative estimate of drug-likeness (QED) is 0.694. The van der Waals surface area contributed by atoms with Crippen molar-refractivity contribution < 1.29 is 9.53 Å². The number of piperazine rings is 1. The number of hydrogen-bond acceptors (Lipinski definition) is 3. The largest absolute Gasteiger partial charge is 0.473 e. The molecular formula is C22H29Cl2N3O2. The normalized spacial score (nSPS) is 13.7. The molecule has 0 aliphatic carbocycles. The van der Waals surface area contributed by atoms with Crippen molar-refractivity contribution in [2.45, 2.75) is 27.7 Å². The smallest absolute Gasteiger partial charge is 0.320 e. The van der Waals surface area contributed by atoms with Gasteiger partial charge in [0.15, 0.2) is 6.73 Å². The molecule has 1 aliphatic rings. The van der Waals surface area contributed by atoms with Gasteiger partial charge in [0.25, 0.3) is 0 Å². The maximum Gasteiger partial charge on any atom is 0.320 e. The number of nitrogens with zero attached hydrogens (tertiary/aromatic N) is 2. The van der Waals surface area contributed by atoms with Crippen LogP contribution in [0.1, 0.15) is 22.3 Å². The molecule has 2 aromatic rings. The molecule has 3 rings (SSSR count). The van der Waals surface area contributed by atoms with Crippen molar-refractivity contribution in [1.82, 2.24) is 10.2 Å². The van der Waals surface area contributed by atoms with Gasteiger partial charge in [0.05, 0.1) is 0 Å². The number of amides is 2. The second-order valence-electron chi connectivity index (χ2n) is 7.33. The van der Waals surface area contributed by atoms with E-state index in [0.717, 1.165) is 29.2 Å². The Kier molecular flexibility index (Phi) is 8.05. The molecular weight excluding hydrogens is 409 g/mol. The Bertz CT molecular complexity index is 842. The summed E-state index contributed by atoms with van der Waals surface area (Å²) in [6.45, 7) is 11.3. The van der Waals surface area contributed by atoms with Gasteiger partial charge in [-0.25, -0.2) is 4.79 Å². The van der Waals surface area contributed by atoms with Gasteiger partial charge in [0.2, 0.25) is 0 Å². The summed E-state index contributed by atoms with van der Waals surface area (Å²) in [4.78, 5) is 16.6. The highest BCUT2D eigenvalue weighted by atomic mass is 35.5. The highest BCUT2D eigenvalue weighted by Gasteiger charge is 2.22. The number of benzene rings is 2. The van der Waals surface area contributed by atoms with Crippen molar-refractivity contribution >= 4 is 35.7 Å². The van der Waals surface area contributed by atoms with Gasteiger partial charge < -0.3 is 19.9 Å². The monoisotopic (exact) mass is 437 g/mol. The first-order chi connectivity index (χ1) is 13.4. The molecule has 0 unspecified atom stereocenters. The summed E-state index contributed by atoms with van der Waals surface area (Å²) in [6, 6.07) is 10.0. The number of halogens is 2. The van der Waals surface area contributed by atoms with Crippen LogP contribution in [-0.4, -0.2) is 43.8 Å². The summed E-state index contributed by atoms with van der Waals surface area (Å²) in [6.07, 6.45) is 0. The van der Waals surface area contributed by atoms with E-state index in [2.05, 4.69) is 42.3 Å². The van der Waals surface area contributed by atoms with Crippen LogP contribution < -0.4 is 15.0 Å². The molecule has 1 heterocycles. The van der Waals surface area contributed by atoms with Crippen LogP contribution in [0.5, 0.6) is 5.75 Å². The van der Waals surface area contributed by atoms with E-state index in [1.165, 1.54) is 16.8 Å². The standard InChI is InChI=1S/C22H28ClN3O2.ClH/c1-15-6-5-7-20(18(15)4)25-8-10-26(11-9-25)22(27)24-14-28-19-12-16(2)21(23)17(3)13-19;/h5-7,12-13H,8-11,14H2,1-4H3,(H,24,27);1H. The first-order valence-electron chi connectivity index (χ1n) is 9.60. The van der Waals surface area contributed by atoms with Gasteiger partial charge in [0, 0.05) is 36.9 Å². The lowest BCUT2D eigenvalue weighted by molar-refractivity contribution is 0.181. The Balaban J connectivity index is 0.00000300. The first kappa shape index (κ1) is 23.2. The molecule has 158 valence electrons. The zero-order valence-electron chi connectivity index (χ0n) is 17.4. The van der Waals surface area contributed by atoms with Gasteiger partial charge in [0.1, 0.15) is 5.75 Å². The number of aryl methyl sites for hydroxylation is 3. The van der Waals surface area contributed by atoms with Crippen LogP contribution in [0.15, 0.2) is 30.3 Å². The molecule has 0 radical (unpaired) electrons. The molecule has 0 spiro atoms. The van der Waals surface area contributed by atoms with Gasteiger partial charge >= 0.3 is 6.03 Å². The van der Waals surface area contributed by atoms with Gasteiger partial charge in [-0.15, -0.1) is 12.4 Å².